The zero-order valence-electron chi connectivity index (χ0n) is 8.63. The van der Waals surface area contributed by atoms with Crippen LogP contribution in [0, 0.1) is 0 Å². The second-order valence-corrected chi connectivity index (χ2v) is 3.51. The molecule has 0 atom stereocenters. The number of hydrogen-bond donors (Lipinski definition) is 1. The van der Waals surface area contributed by atoms with Crippen LogP contribution in [-0.2, 0) is 11.2 Å². The molecule has 0 radical (unpaired) electrons. The fraction of sp³-hybridized carbons (Fsp3) is 0.364. The van der Waals surface area contributed by atoms with Gasteiger partial charge in [0.25, 0.3) is 0 Å². The van der Waals surface area contributed by atoms with Gasteiger partial charge in [0.05, 0.1) is 13.7 Å². The van der Waals surface area contributed by atoms with E-state index in [1.54, 1.807) is 13.2 Å². The lowest BCUT2D eigenvalue weighted by atomic mass is 10.1. The van der Waals surface area contributed by atoms with Crippen LogP contribution in [0.4, 0.5) is 0 Å². The molecule has 1 aromatic carbocycles. The second-order valence-electron chi connectivity index (χ2n) is 3.08. The van der Waals surface area contributed by atoms with Crippen molar-refractivity contribution < 1.29 is 9.53 Å². The van der Waals surface area contributed by atoms with Crippen LogP contribution in [0.15, 0.2) is 18.2 Å². The summed E-state index contributed by atoms with van der Waals surface area (Å²) in [5.41, 5.74) is 1.04. The second kappa shape index (κ2) is 6.43. The highest BCUT2D eigenvalue weighted by Crippen LogP contribution is 2.22. The molecular formula is C11H14ClNO2. The van der Waals surface area contributed by atoms with E-state index in [1.165, 1.54) is 0 Å². The third-order valence-electron chi connectivity index (χ3n) is 2.04. The van der Waals surface area contributed by atoms with E-state index >= 15 is 0 Å². The summed E-state index contributed by atoms with van der Waals surface area (Å²) < 4.78 is 5.20. The van der Waals surface area contributed by atoms with Crippen molar-refractivity contribution in [3.63, 3.8) is 0 Å². The molecule has 82 valence electrons. The van der Waals surface area contributed by atoms with Gasteiger partial charge in [-0.3, -0.25) is 0 Å². The molecule has 1 rings (SSSR count). The Balaban J connectivity index is 2.57. The van der Waals surface area contributed by atoms with Crippen molar-refractivity contribution in [1.82, 2.24) is 5.32 Å². The standard InChI is InChI=1S/C11H14ClNO2/c1-15-11-3-2-10(12)8-9(11)4-5-13-6-7-14/h2-3,7-8,13H,4-6H2,1H3. The predicted octanol–water partition coefficient (Wildman–Crippen LogP) is 1.68. The average molecular weight is 228 g/mol. The zero-order chi connectivity index (χ0) is 11.1. The number of benzene rings is 1. The van der Waals surface area contributed by atoms with Gasteiger partial charge >= 0.3 is 0 Å². The largest absolute Gasteiger partial charge is 0.496 e. The first-order chi connectivity index (χ1) is 7.27. The van der Waals surface area contributed by atoms with Gasteiger partial charge in [-0.2, -0.15) is 0 Å². The Morgan fingerprint density at radius 3 is 3.00 bits per heavy atom. The summed E-state index contributed by atoms with van der Waals surface area (Å²) >= 11 is 5.88. The minimum absolute atomic E-state index is 0.378. The third kappa shape index (κ3) is 3.90. The van der Waals surface area contributed by atoms with Crippen LogP contribution in [0.3, 0.4) is 0 Å². The lowest BCUT2D eigenvalue weighted by Crippen LogP contribution is -2.19. The Kier molecular flexibility index (Phi) is 5.15. The van der Waals surface area contributed by atoms with Crippen LogP contribution in [0.2, 0.25) is 5.02 Å². The molecule has 1 N–H and O–H groups in total. The molecule has 0 saturated carbocycles. The van der Waals surface area contributed by atoms with E-state index in [9.17, 15) is 4.79 Å². The molecule has 0 amide bonds. The monoisotopic (exact) mass is 227 g/mol. The Morgan fingerprint density at radius 1 is 1.53 bits per heavy atom. The molecule has 0 aliphatic heterocycles. The molecule has 0 saturated heterocycles. The van der Waals surface area contributed by atoms with E-state index in [4.69, 9.17) is 16.3 Å². The summed E-state index contributed by atoms with van der Waals surface area (Å²) in [7, 11) is 1.63. The molecule has 0 fully saturated rings. The van der Waals surface area contributed by atoms with Gasteiger partial charge in [-0.25, -0.2) is 0 Å². The minimum Gasteiger partial charge on any atom is -0.496 e. The SMILES string of the molecule is COc1ccc(Cl)cc1CCNCC=O. The lowest BCUT2D eigenvalue weighted by Gasteiger charge is -2.08. The number of carbonyl (C=O) groups is 1. The van der Waals surface area contributed by atoms with Gasteiger partial charge in [0.1, 0.15) is 12.0 Å². The van der Waals surface area contributed by atoms with Crippen LogP contribution < -0.4 is 10.1 Å². The van der Waals surface area contributed by atoms with Crippen molar-refractivity contribution in [2.45, 2.75) is 6.42 Å². The molecular weight excluding hydrogens is 214 g/mol. The summed E-state index contributed by atoms with van der Waals surface area (Å²) in [5, 5.41) is 3.68. The fourth-order valence-electron chi connectivity index (χ4n) is 1.33. The summed E-state index contributed by atoms with van der Waals surface area (Å²) in [5.74, 6) is 0.826. The summed E-state index contributed by atoms with van der Waals surface area (Å²) in [6.07, 6.45) is 1.63. The van der Waals surface area contributed by atoms with E-state index in [-0.39, 0.29) is 0 Å². The smallest absolute Gasteiger partial charge is 0.133 e. The van der Waals surface area contributed by atoms with Crippen molar-refractivity contribution in [2.75, 3.05) is 20.2 Å². The van der Waals surface area contributed by atoms with Crippen molar-refractivity contribution in [3.05, 3.63) is 28.8 Å². The first-order valence-corrected chi connectivity index (χ1v) is 5.12. The van der Waals surface area contributed by atoms with Crippen molar-refractivity contribution in [2.24, 2.45) is 0 Å². The van der Waals surface area contributed by atoms with Crippen LogP contribution in [-0.4, -0.2) is 26.5 Å². The minimum atomic E-state index is 0.378. The Hall–Kier alpha value is -1.06. The molecule has 0 bridgehead atoms. The summed E-state index contributed by atoms with van der Waals surface area (Å²) in [6, 6.07) is 5.52. The Morgan fingerprint density at radius 2 is 2.33 bits per heavy atom. The average Bonchev–Trinajstić information content (AvgIpc) is 2.25. The van der Waals surface area contributed by atoms with E-state index < -0.39 is 0 Å². The van der Waals surface area contributed by atoms with Gasteiger partial charge in [-0.15, -0.1) is 0 Å². The normalized spacial score (nSPS) is 10.0. The van der Waals surface area contributed by atoms with E-state index in [1.807, 2.05) is 12.1 Å². The number of nitrogens with one attached hydrogen (secondary N) is 1. The van der Waals surface area contributed by atoms with Crippen LogP contribution >= 0.6 is 11.6 Å². The van der Waals surface area contributed by atoms with Crippen molar-refractivity contribution in [1.29, 1.82) is 0 Å². The quantitative estimate of drug-likeness (QED) is 0.594. The van der Waals surface area contributed by atoms with Gasteiger partial charge in [0.2, 0.25) is 0 Å². The van der Waals surface area contributed by atoms with Crippen LogP contribution in [0.5, 0.6) is 5.75 Å². The number of hydrogen-bond acceptors (Lipinski definition) is 3. The van der Waals surface area contributed by atoms with Gasteiger partial charge in [-0.1, -0.05) is 11.6 Å². The fourth-order valence-corrected chi connectivity index (χ4v) is 1.52. The summed E-state index contributed by atoms with van der Waals surface area (Å²) in [4.78, 5) is 10.1. The number of methoxy groups -OCH3 is 1. The number of halogens is 1. The number of carbonyl (C=O) groups excluding carboxylic acids is 1. The van der Waals surface area contributed by atoms with Gasteiger partial charge in [0, 0.05) is 5.02 Å². The molecule has 4 heteroatoms. The lowest BCUT2D eigenvalue weighted by molar-refractivity contribution is -0.107. The number of rotatable bonds is 6. The predicted molar refractivity (Wildman–Crippen MR) is 60.6 cm³/mol. The highest BCUT2D eigenvalue weighted by atomic mass is 35.5. The van der Waals surface area contributed by atoms with Gasteiger partial charge in [-0.05, 0) is 36.7 Å². The first-order valence-electron chi connectivity index (χ1n) is 4.74. The van der Waals surface area contributed by atoms with Crippen molar-refractivity contribution in [3.8, 4) is 5.75 Å². The molecule has 0 aromatic heterocycles. The molecule has 0 aliphatic rings. The molecule has 1 aromatic rings. The molecule has 0 spiro atoms. The van der Waals surface area contributed by atoms with E-state index in [0.717, 1.165) is 30.6 Å². The Bertz CT molecular complexity index is 328. The first kappa shape index (κ1) is 12.0. The topological polar surface area (TPSA) is 38.3 Å². The van der Waals surface area contributed by atoms with Crippen LogP contribution in [0.1, 0.15) is 5.56 Å². The van der Waals surface area contributed by atoms with Crippen LogP contribution in [0.25, 0.3) is 0 Å². The van der Waals surface area contributed by atoms with E-state index in [0.29, 0.717) is 11.6 Å². The maximum absolute atomic E-state index is 10.1. The molecule has 0 heterocycles. The van der Waals surface area contributed by atoms with Gasteiger partial charge in [0.15, 0.2) is 0 Å². The maximum atomic E-state index is 10.1. The number of ether oxygens (including phenoxy) is 1. The maximum Gasteiger partial charge on any atom is 0.133 e. The highest BCUT2D eigenvalue weighted by molar-refractivity contribution is 6.30. The Labute approximate surface area is 94.4 Å². The molecule has 3 nitrogen and oxygen atoms in total. The molecule has 0 aliphatic carbocycles. The van der Waals surface area contributed by atoms with Crippen molar-refractivity contribution >= 4 is 17.9 Å². The molecule has 0 unspecified atom stereocenters. The van der Waals surface area contributed by atoms with Gasteiger partial charge < -0.3 is 14.8 Å². The third-order valence-corrected chi connectivity index (χ3v) is 2.28. The zero-order valence-corrected chi connectivity index (χ0v) is 9.38. The highest BCUT2D eigenvalue weighted by Gasteiger charge is 2.02. The van der Waals surface area contributed by atoms with E-state index in [2.05, 4.69) is 5.32 Å². The number of aldehydes is 1. The molecule has 15 heavy (non-hydrogen) atoms. The summed E-state index contributed by atoms with van der Waals surface area (Å²) in [6.45, 7) is 1.11.